The summed E-state index contributed by atoms with van der Waals surface area (Å²) >= 11 is 3.13. The Morgan fingerprint density at radius 1 is 1.77 bits per heavy atom. The van der Waals surface area contributed by atoms with Crippen molar-refractivity contribution in [3.05, 3.63) is 0 Å². The van der Waals surface area contributed by atoms with Gasteiger partial charge in [-0.2, -0.15) is 0 Å². The van der Waals surface area contributed by atoms with Gasteiger partial charge in [-0.25, -0.2) is 0 Å². The average Bonchev–Trinajstić information content (AvgIpc) is 2.17. The molecule has 1 heterocycles. The smallest absolute Gasteiger partial charge is 0.233 e. The van der Waals surface area contributed by atoms with E-state index in [-0.39, 0.29) is 24.7 Å². The van der Waals surface area contributed by atoms with Gasteiger partial charge < -0.3 is 14.7 Å². The fourth-order valence-electron chi connectivity index (χ4n) is 1.35. The van der Waals surface area contributed by atoms with Crippen molar-refractivity contribution >= 4 is 21.8 Å². The Kier molecular flexibility index (Phi) is 4.15. The Morgan fingerprint density at radius 3 is 3.00 bits per heavy atom. The summed E-state index contributed by atoms with van der Waals surface area (Å²) in [5.74, 6) is 0.0502. The Morgan fingerprint density at radius 2 is 2.46 bits per heavy atom. The van der Waals surface area contributed by atoms with Crippen LogP contribution in [-0.2, 0) is 9.53 Å². The molecule has 1 fully saturated rings. The normalized spacial score (nSPS) is 29.0. The van der Waals surface area contributed by atoms with Crippen molar-refractivity contribution < 1.29 is 14.6 Å². The van der Waals surface area contributed by atoms with Crippen molar-refractivity contribution in [3.8, 4) is 0 Å². The number of aliphatic hydroxyl groups is 1. The number of carbonyl (C=O) groups is 1. The Hall–Kier alpha value is -0.130. The third-order valence-electron chi connectivity index (χ3n) is 2.14. The van der Waals surface area contributed by atoms with Crippen LogP contribution >= 0.6 is 15.9 Å². The fourth-order valence-corrected chi connectivity index (χ4v) is 1.67. The maximum Gasteiger partial charge on any atom is 0.233 e. The lowest BCUT2D eigenvalue weighted by molar-refractivity contribution is -0.143. The zero-order valence-corrected chi connectivity index (χ0v) is 9.16. The molecule has 1 aliphatic heterocycles. The van der Waals surface area contributed by atoms with Crippen LogP contribution in [0.3, 0.4) is 0 Å². The van der Waals surface area contributed by atoms with Gasteiger partial charge in [0.2, 0.25) is 5.91 Å². The number of ether oxygens (including phenoxy) is 1. The Balaban J connectivity index is 2.54. The van der Waals surface area contributed by atoms with Crippen LogP contribution in [0.25, 0.3) is 0 Å². The van der Waals surface area contributed by atoms with E-state index < -0.39 is 0 Å². The summed E-state index contributed by atoms with van der Waals surface area (Å²) in [5.41, 5.74) is 0. The van der Waals surface area contributed by atoms with Gasteiger partial charge in [0.15, 0.2) is 0 Å². The average molecular weight is 252 g/mol. The van der Waals surface area contributed by atoms with E-state index in [0.717, 1.165) is 0 Å². The number of rotatable bonds is 2. The highest BCUT2D eigenvalue weighted by Gasteiger charge is 2.28. The van der Waals surface area contributed by atoms with Crippen molar-refractivity contribution in [2.45, 2.75) is 19.1 Å². The Bertz CT molecular complexity index is 188. The molecule has 0 bridgehead atoms. The van der Waals surface area contributed by atoms with Gasteiger partial charge in [-0.05, 0) is 6.92 Å². The first kappa shape index (κ1) is 10.9. The van der Waals surface area contributed by atoms with Crippen LogP contribution < -0.4 is 0 Å². The minimum Gasteiger partial charge on any atom is -0.394 e. The van der Waals surface area contributed by atoms with Gasteiger partial charge in [0.05, 0.1) is 30.7 Å². The van der Waals surface area contributed by atoms with Crippen LogP contribution in [0.5, 0.6) is 0 Å². The molecule has 13 heavy (non-hydrogen) atoms. The van der Waals surface area contributed by atoms with Gasteiger partial charge in [-0.3, -0.25) is 4.79 Å². The second kappa shape index (κ2) is 4.93. The van der Waals surface area contributed by atoms with Gasteiger partial charge in [0.25, 0.3) is 0 Å². The Labute approximate surface area is 86.0 Å². The molecule has 0 spiro atoms. The van der Waals surface area contributed by atoms with Crippen molar-refractivity contribution in [2.24, 2.45) is 0 Å². The highest BCUT2D eigenvalue weighted by atomic mass is 79.9. The molecule has 1 saturated heterocycles. The number of amides is 1. The molecule has 1 N–H and O–H groups in total. The molecule has 0 aliphatic carbocycles. The molecular weight excluding hydrogens is 238 g/mol. The second-order valence-corrected chi connectivity index (χ2v) is 3.73. The van der Waals surface area contributed by atoms with Gasteiger partial charge in [0.1, 0.15) is 0 Å². The summed E-state index contributed by atoms with van der Waals surface area (Å²) in [6.45, 7) is 2.90. The zero-order chi connectivity index (χ0) is 9.84. The monoisotopic (exact) mass is 251 g/mol. The van der Waals surface area contributed by atoms with Crippen LogP contribution in [-0.4, -0.2) is 53.1 Å². The molecule has 76 valence electrons. The largest absolute Gasteiger partial charge is 0.394 e. The molecule has 1 amide bonds. The van der Waals surface area contributed by atoms with Gasteiger partial charge in [-0.15, -0.1) is 0 Å². The van der Waals surface area contributed by atoms with Crippen LogP contribution in [0.2, 0.25) is 0 Å². The maximum atomic E-state index is 11.4. The maximum absolute atomic E-state index is 11.4. The van der Waals surface area contributed by atoms with Crippen molar-refractivity contribution in [1.82, 2.24) is 4.90 Å². The highest BCUT2D eigenvalue weighted by molar-refractivity contribution is 9.09. The van der Waals surface area contributed by atoms with Crippen molar-refractivity contribution in [2.75, 3.05) is 25.1 Å². The zero-order valence-electron chi connectivity index (χ0n) is 7.57. The fraction of sp³-hybridized carbons (Fsp3) is 0.875. The summed E-state index contributed by atoms with van der Waals surface area (Å²) in [7, 11) is 0. The van der Waals surface area contributed by atoms with Gasteiger partial charge in [-0.1, -0.05) is 15.9 Å². The van der Waals surface area contributed by atoms with E-state index in [1.54, 1.807) is 4.90 Å². The molecule has 0 saturated carbocycles. The standard InChI is InChI=1S/C8H14BrNO3/c1-6-5-13-7(4-11)3-10(6)8(12)2-9/h6-7,11H,2-5H2,1H3. The van der Waals surface area contributed by atoms with Gasteiger partial charge >= 0.3 is 0 Å². The molecule has 1 rings (SSSR count). The second-order valence-electron chi connectivity index (χ2n) is 3.17. The predicted octanol–water partition coefficient (Wildman–Crippen LogP) is -0.0105. The van der Waals surface area contributed by atoms with Crippen molar-refractivity contribution in [3.63, 3.8) is 0 Å². The number of carbonyl (C=O) groups excluding carboxylic acids is 1. The SMILES string of the molecule is CC1COC(CO)CN1C(=O)CBr. The number of hydrogen-bond donors (Lipinski definition) is 1. The van der Waals surface area contributed by atoms with E-state index in [2.05, 4.69) is 15.9 Å². The molecule has 0 aromatic heterocycles. The van der Waals surface area contributed by atoms with Crippen LogP contribution in [0.15, 0.2) is 0 Å². The number of morpholine rings is 1. The highest BCUT2D eigenvalue weighted by Crippen LogP contribution is 2.12. The predicted molar refractivity (Wildman–Crippen MR) is 51.8 cm³/mol. The van der Waals surface area contributed by atoms with E-state index >= 15 is 0 Å². The molecule has 0 aromatic carbocycles. The van der Waals surface area contributed by atoms with E-state index in [4.69, 9.17) is 9.84 Å². The first-order valence-electron chi connectivity index (χ1n) is 4.27. The van der Waals surface area contributed by atoms with E-state index in [1.165, 1.54) is 0 Å². The lowest BCUT2D eigenvalue weighted by atomic mass is 10.2. The summed E-state index contributed by atoms with van der Waals surface area (Å²) in [5, 5.41) is 9.20. The molecule has 0 aromatic rings. The lowest BCUT2D eigenvalue weighted by Gasteiger charge is -2.37. The minimum absolute atomic E-state index is 0.0290. The third kappa shape index (κ3) is 2.65. The molecule has 1 aliphatic rings. The number of aliphatic hydroxyl groups excluding tert-OH is 1. The van der Waals surface area contributed by atoms with Crippen LogP contribution in [0.4, 0.5) is 0 Å². The number of nitrogens with zero attached hydrogens (tertiary/aromatic N) is 1. The lowest BCUT2D eigenvalue weighted by Crippen LogP contribution is -2.52. The quantitative estimate of drug-likeness (QED) is 0.703. The molecule has 0 radical (unpaired) electrons. The summed E-state index contributed by atoms with van der Waals surface area (Å²) in [6.07, 6.45) is -0.223. The minimum atomic E-state index is -0.223. The van der Waals surface area contributed by atoms with E-state index in [0.29, 0.717) is 18.5 Å². The number of halogens is 1. The topological polar surface area (TPSA) is 49.8 Å². The number of alkyl halides is 1. The molecule has 4 nitrogen and oxygen atoms in total. The summed E-state index contributed by atoms with van der Waals surface area (Å²) in [6, 6.07) is 0.104. The third-order valence-corrected chi connectivity index (χ3v) is 2.62. The molecular formula is C8H14BrNO3. The molecule has 2 atom stereocenters. The van der Waals surface area contributed by atoms with Gasteiger partial charge in [0, 0.05) is 6.54 Å². The van der Waals surface area contributed by atoms with E-state index in [1.807, 2.05) is 6.92 Å². The number of hydrogen-bond acceptors (Lipinski definition) is 3. The van der Waals surface area contributed by atoms with Crippen molar-refractivity contribution in [1.29, 1.82) is 0 Å². The van der Waals surface area contributed by atoms with Crippen LogP contribution in [0, 0.1) is 0 Å². The first-order chi connectivity index (χ1) is 6.19. The molecule has 2 unspecified atom stereocenters. The van der Waals surface area contributed by atoms with Crippen LogP contribution in [0.1, 0.15) is 6.92 Å². The van der Waals surface area contributed by atoms with E-state index in [9.17, 15) is 4.79 Å². The summed E-state index contributed by atoms with van der Waals surface area (Å²) < 4.78 is 5.31. The summed E-state index contributed by atoms with van der Waals surface area (Å²) in [4.78, 5) is 13.1. The molecule has 5 heteroatoms. The first-order valence-corrected chi connectivity index (χ1v) is 5.39.